The topological polar surface area (TPSA) is 85.2 Å². The maximum absolute atomic E-state index is 12.8. The van der Waals surface area contributed by atoms with Crippen LogP contribution in [0.5, 0.6) is 0 Å². The van der Waals surface area contributed by atoms with E-state index in [2.05, 4.69) is 4.98 Å². The molecule has 0 bridgehead atoms. The maximum atomic E-state index is 12.8. The Kier molecular flexibility index (Phi) is 6.39. The molecule has 0 aliphatic rings. The fourth-order valence-electron chi connectivity index (χ4n) is 3.22. The molecule has 7 heteroatoms. The molecule has 0 amide bonds. The van der Waals surface area contributed by atoms with Crippen molar-refractivity contribution in [2.45, 2.75) is 25.8 Å². The number of hydrogen-bond acceptors (Lipinski definition) is 4. The van der Waals surface area contributed by atoms with Crippen molar-refractivity contribution in [3.05, 3.63) is 69.3 Å². The summed E-state index contributed by atoms with van der Waals surface area (Å²) in [5, 5.41) is 1.42. The zero-order valence-corrected chi connectivity index (χ0v) is 16.8. The highest BCUT2D eigenvalue weighted by atomic mass is 35.5. The fourth-order valence-corrected chi connectivity index (χ4v) is 3.80. The number of Topliss-reactive ketones (excluding diaryl/α,β-unsaturated/α-hetero) is 1. The van der Waals surface area contributed by atoms with E-state index >= 15 is 0 Å². The molecule has 0 fully saturated rings. The van der Waals surface area contributed by atoms with Crippen LogP contribution >= 0.6 is 23.2 Å². The summed E-state index contributed by atoms with van der Waals surface area (Å²) in [5.41, 5.74) is 8.77. The highest BCUT2D eigenvalue weighted by Gasteiger charge is 2.24. The SMILES string of the molecule is CCOC(=O)Cc1c(CC(N)C(=O)c2c(Cl)cccc2Cl)[nH]c2ccccc12. The molecule has 2 aromatic carbocycles. The molecule has 1 atom stereocenters. The standard InChI is InChI=1S/C21H20Cl2N2O3/c1-2-28-19(26)10-13-12-6-3-4-9-17(12)25-18(13)11-16(24)21(27)20-14(22)7-5-8-15(20)23/h3-9,16,25H,2,10-11,24H2,1H3. The first-order valence-corrected chi connectivity index (χ1v) is 9.65. The van der Waals surface area contributed by atoms with Crippen molar-refractivity contribution < 1.29 is 14.3 Å². The molecule has 1 heterocycles. The normalized spacial score (nSPS) is 12.1. The first kappa shape index (κ1) is 20.4. The average molecular weight is 419 g/mol. The molecule has 0 spiro atoms. The van der Waals surface area contributed by atoms with Gasteiger partial charge in [-0.1, -0.05) is 47.5 Å². The van der Waals surface area contributed by atoms with Crippen LogP contribution in [0.25, 0.3) is 10.9 Å². The second-order valence-electron chi connectivity index (χ2n) is 6.38. The predicted octanol–water partition coefficient (Wildman–Crippen LogP) is 4.33. The van der Waals surface area contributed by atoms with Gasteiger partial charge in [-0.15, -0.1) is 0 Å². The molecule has 146 valence electrons. The number of H-pyrrole nitrogens is 1. The lowest BCUT2D eigenvalue weighted by Crippen LogP contribution is -2.33. The van der Waals surface area contributed by atoms with E-state index < -0.39 is 6.04 Å². The minimum Gasteiger partial charge on any atom is -0.466 e. The molecule has 3 aromatic rings. The molecular formula is C21H20Cl2N2O3. The van der Waals surface area contributed by atoms with E-state index in [0.29, 0.717) is 6.61 Å². The highest BCUT2D eigenvalue weighted by Crippen LogP contribution is 2.28. The van der Waals surface area contributed by atoms with E-state index in [9.17, 15) is 9.59 Å². The molecule has 1 aromatic heterocycles. The number of halogens is 2. The quantitative estimate of drug-likeness (QED) is 0.441. The van der Waals surface area contributed by atoms with Gasteiger partial charge < -0.3 is 15.5 Å². The third-order valence-electron chi connectivity index (χ3n) is 4.50. The number of ketones is 1. The summed E-state index contributed by atoms with van der Waals surface area (Å²) in [6.45, 7) is 2.06. The minimum absolute atomic E-state index is 0.0982. The number of rotatable bonds is 7. The number of aromatic amines is 1. The third-order valence-corrected chi connectivity index (χ3v) is 5.13. The molecule has 1 unspecified atom stereocenters. The number of benzene rings is 2. The average Bonchev–Trinajstić information content (AvgIpc) is 2.99. The Hall–Kier alpha value is -2.34. The Morgan fingerprint density at radius 1 is 1.11 bits per heavy atom. The summed E-state index contributed by atoms with van der Waals surface area (Å²) in [6.07, 6.45) is 0.310. The van der Waals surface area contributed by atoms with Gasteiger partial charge in [-0.3, -0.25) is 9.59 Å². The van der Waals surface area contributed by atoms with Crippen LogP contribution in [0.1, 0.15) is 28.5 Å². The van der Waals surface area contributed by atoms with Gasteiger partial charge in [0, 0.05) is 23.0 Å². The van der Waals surface area contributed by atoms with Crippen molar-refractivity contribution in [2.24, 2.45) is 5.73 Å². The van der Waals surface area contributed by atoms with Gasteiger partial charge in [0.15, 0.2) is 5.78 Å². The second kappa shape index (κ2) is 8.78. The summed E-state index contributed by atoms with van der Waals surface area (Å²) in [4.78, 5) is 28.2. The molecule has 0 radical (unpaired) electrons. The summed E-state index contributed by atoms with van der Waals surface area (Å²) in [6, 6.07) is 11.6. The Balaban J connectivity index is 1.93. The largest absolute Gasteiger partial charge is 0.466 e. The third kappa shape index (κ3) is 4.22. The highest BCUT2D eigenvalue weighted by molar-refractivity contribution is 6.40. The summed E-state index contributed by atoms with van der Waals surface area (Å²) >= 11 is 12.3. The van der Waals surface area contributed by atoms with Crippen LogP contribution in [0.15, 0.2) is 42.5 Å². The van der Waals surface area contributed by atoms with Crippen molar-refractivity contribution in [1.82, 2.24) is 4.98 Å². The number of esters is 1. The number of ether oxygens (including phenoxy) is 1. The maximum Gasteiger partial charge on any atom is 0.310 e. The monoisotopic (exact) mass is 418 g/mol. The molecule has 0 aliphatic heterocycles. The predicted molar refractivity (Wildman–Crippen MR) is 111 cm³/mol. The molecule has 0 aliphatic carbocycles. The Morgan fingerprint density at radius 2 is 1.79 bits per heavy atom. The first-order valence-electron chi connectivity index (χ1n) is 8.90. The lowest BCUT2D eigenvalue weighted by Gasteiger charge is -2.13. The smallest absolute Gasteiger partial charge is 0.310 e. The van der Waals surface area contributed by atoms with E-state index in [4.69, 9.17) is 33.7 Å². The van der Waals surface area contributed by atoms with Crippen molar-refractivity contribution in [3.8, 4) is 0 Å². The number of nitrogens with one attached hydrogen (secondary N) is 1. The van der Waals surface area contributed by atoms with E-state index in [-0.39, 0.29) is 40.2 Å². The number of para-hydroxylation sites is 1. The van der Waals surface area contributed by atoms with E-state index in [1.165, 1.54) is 0 Å². The van der Waals surface area contributed by atoms with E-state index in [1.807, 2.05) is 24.3 Å². The van der Waals surface area contributed by atoms with Gasteiger partial charge in [-0.25, -0.2) is 0 Å². The van der Waals surface area contributed by atoms with Crippen LogP contribution in [0, 0.1) is 0 Å². The molecule has 28 heavy (non-hydrogen) atoms. The van der Waals surface area contributed by atoms with Crippen LogP contribution in [-0.2, 0) is 22.4 Å². The number of carbonyl (C=O) groups is 2. The Labute approximate surface area is 172 Å². The van der Waals surface area contributed by atoms with Crippen LogP contribution in [0.3, 0.4) is 0 Å². The van der Waals surface area contributed by atoms with Gasteiger partial charge >= 0.3 is 5.97 Å². The molecule has 0 saturated carbocycles. The van der Waals surface area contributed by atoms with E-state index in [1.54, 1.807) is 25.1 Å². The molecule has 5 nitrogen and oxygen atoms in total. The van der Waals surface area contributed by atoms with Gasteiger partial charge in [-0.2, -0.15) is 0 Å². The first-order chi connectivity index (χ1) is 13.4. The summed E-state index contributed by atoms with van der Waals surface area (Å²) < 4.78 is 5.09. The number of aromatic nitrogens is 1. The molecule has 3 rings (SSSR count). The Bertz CT molecular complexity index is 1010. The van der Waals surface area contributed by atoms with Gasteiger partial charge in [0.25, 0.3) is 0 Å². The molecule has 3 N–H and O–H groups in total. The summed E-state index contributed by atoms with van der Waals surface area (Å²) in [5.74, 6) is -0.682. The molecular weight excluding hydrogens is 399 g/mol. The number of carbonyl (C=O) groups excluding carboxylic acids is 2. The fraction of sp³-hybridized carbons (Fsp3) is 0.238. The zero-order chi connectivity index (χ0) is 20.3. The minimum atomic E-state index is -0.869. The summed E-state index contributed by atoms with van der Waals surface area (Å²) in [7, 11) is 0. The van der Waals surface area contributed by atoms with Gasteiger partial charge in [-0.05, 0) is 30.7 Å². The number of fused-ring (bicyclic) bond motifs is 1. The lowest BCUT2D eigenvalue weighted by molar-refractivity contribution is -0.142. The number of nitrogens with two attached hydrogens (primary N) is 1. The zero-order valence-electron chi connectivity index (χ0n) is 15.3. The van der Waals surface area contributed by atoms with Gasteiger partial charge in [0.2, 0.25) is 0 Å². The van der Waals surface area contributed by atoms with Gasteiger partial charge in [0.1, 0.15) is 0 Å². The van der Waals surface area contributed by atoms with Crippen LogP contribution in [0.2, 0.25) is 10.0 Å². The van der Waals surface area contributed by atoms with E-state index in [0.717, 1.165) is 22.2 Å². The van der Waals surface area contributed by atoms with Crippen LogP contribution in [0.4, 0.5) is 0 Å². The van der Waals surface area contributed by atoms with Crippen molar-refractivity contribution >= 4 is 45.9 Å². The van der Waals surface area contributed by atoms with Crippen molar-refractivity contribution in [1.29, 1.82) is 0 Å². The lowest BCUT2D eigenvalue weighted by atomic mass is 9.97. The molecule has 0 saturated heterocycles. The van der Waals surface area contributed by atoms with Crippen molar-refractivity contribution in [3.63, 3.8) is 0 Å². The van der Waals surface area contributed by atoms with Crippen LogP contribution < -0.4 is 5.73 Å². The van der Waals surface area contributed by atoms with Gasteiger partial charge in [0.05, 0.1) is 34.7 Å². The Morgan fingerprint density at radius 3 is 2.46 bits per heavy atom. The van der Waals surface area contributed by atoms with Crippen molar-refractivity contribution in [2.75, 3.05) is 6.61 Å². The second-order valence-corrected chi connectivity index (χ2v) is 7.20. The number of hydrogen-bond donors (Lipinski definition) is 2. The van der Waals surface area contributed by atoms with Crippen LogP contribution in [-0.4, -0.2) is 29.4 Å².